The van der Waals surface area contributed by atoms with Crippen LogP contribution in [0.2, 0.25) is 0 Å². The molecule has 0 unspecified atom stereocenters. The van der Waals surface area contributed by atoms with Gasteiger partial charge in [-0.2, -0.15) is 0 Å². The highest BCUT2D eigenvalue weighted by Gasteiger charge is 2.18. The average molecular weight is 376 g/mol. The minimum Gasteiger partial charge on any atom is -0.482 e. The van der Waals surface area contributed by atoms with Crippen LogP contribution in [0.5, 0.6) is 5.75 Å². The van der Waals surface area contributed by atoms with Crippen molar-refractivity contribution in [3.05, 3.63) is 29.3 Å². The van der Waals surface area contributed by atoms with E-state index in [0.29, 0.717) is 11.7 Å². The van der Waals surface area contributed by atoms with E-state index >= 15 is 0 Å². The zero-order valence-electron chi connectivity index (χ0n) is 16.2. The molecule has 0 aromatic heterocycles. The van der Waals surface area contributed by atoms with Crippen LogP contribution in [0.15, 0.2) is 18.2 Å². The Kier molecular flexibility index (Phi) is 7.64. The molecule has 1 aliphatic carbocycles. The number of hydrogen-bond acceptors (Lipinski definition) is 5. The Morgan fingerprint density at radius 3 is 2.52 bits per heavy atom. The molecule has 2 rings (SSSR count). The van der Waals surface area contributed by atoms with Gasteiger partial charge in [0.1, 0.15) is 5.75 Å². The van der Waals surface area contributed by atoms with Gasteiger partial charge >= 0.3 is 12.0 Å². The van der Waals surface area contributed by atoms with Crippen molar-refractivity contribution in [2.75, 3.05) is 13.2 Å². The molecule has 0 bridgehead atoms. The van der Waals surface area contributed by atoms with Gasteiger partial charge in [-0.05, 0) is 42.9 Å². The van der Waals surface area contributed by atoms with Gasteiger partial charge in [0.25, 0.3) is 5.91 Å². The number of imide groups is 1. The lowest BCUT2D eigenvalue weighted by Crippen LogP contribution is -2.45. The summed E-state index contributed by atoms with van der Waals surface area (Å²) in [7, 11) is 0. The number of benzene rings is 1. The fourth-order valence-electron chi connectivity index (χ4n) is 2.91. The van der Waals surface area contributed by atoms with Crippen molar-refractivity contribution in [1.82, 2.24) is 10.6 Å². The summed E-state index contributed by atoms with van der Waals surface area (Å²) in [6.07, 6.45) is 4.00. The largest absolute Gasteiger partial charge is 0.482 e. The number of carbonyl (C=O) groups excluding carboxylic acids is 3. The number of aryl methyl sites for hydroxylation is 1. The second-order valence-corrected chi connectivity index (χ2v) is 7.13. The summed E-state index contributed by atoms with van der Waals surface area (Å²) in [5.41, 5.74) is 2.02. The van der Waals surface area contributed by atoms with E-state index in [0.717, 1.165) is 36.8 Å². The van der Waals surface area contributed by atoms with Gasteiger partial charge < -0.3 is 14.8 Å². The number of nitrogens with one attached hydrogen (secondary N) is 2. The standard InChI is InChI=1S/C20H28N2O5/c1-13(2)15-9-8-14(3)17(10-15)26-12-19(24)27-11-18(23)22-20(25)21-16-6-4-5-7-16/h8-10,13,16H,4-7,11-12H2,1-3H3,(H2,21,22,23,25). The number of carbonyl (C=O) groups is 3. The van der Waals surface area contributed by atoms with E-state index in [2.05, 4.69) is 24.5 Å². The van der Waals surface area contributed by atoms with Gasteiger partial charge in [-0.3, -0.25) is 10.1 Å². The molecule has 0 atom stereocenters. The minimum absolute atomic E-state index is 0.110. The van der Waals surface area contributed by atoms with Gasteiger partial charge in [0.2, 0.25) is 0 Å². The summed E-state index contributed by atoms with van der Waals surface area (Å²) in [5, 5.41) is 4.89. The van der Waals surface area contributed by atoms with Gasteiger partial charge in [0.05, 0.1) is 0 Å². The first-order chi connectivity index (χ1) is 12.8. The molecule has 2 N–H and O–H groups in total. The van der Waals surface area contributed by atoms with Crippen molar-refractivity contribution in [2.24, 2.45) is 0 Å². The highest BCUT2D eigenvalue weighted by Crippen LogP contribution is 2.24. The molecule has 27 heavy (non-hydrogen) atoms. The van der Waals surface area contributed by atoms with Crippen LogP contribution in [0.4, 0.5) is 4.79 Å². The van der Waals surface area contributed by atoms with Crippen LogP contribution < -0.4 is 15.4 Å². The molecule has 0 aliphatic heterocycles. The molecule has 1 aromatic carbocycles. The summed E-state index contributed by atoms with van der Waals surface area (Å²) in [6, 6.07) is 5.41. The molecule has 0 radical (unpaired) electrons. The van der Waals surface area contributed by atoms with Crippen LogP contribution in [0.25, 0.3) is 0 Å². The van der Waals surface area contributed by atoms with Gasteiger partial charge in [0.15, 0.2) is 13.2 Å². The maximum atomic E-state index is 11.8. The number of esters is 1. The van der Waals surface area contributed by atoms with Crippen LogP contribution >= 0.6 is 0 Å². The van der Waals surface area contributed by atoms with Crippen molar-refractivity contribution in [2.45, 2.75) is 58.4 Å². The minimum atomic E-state index is -0.671. The lowest BCUT2D eigenvalue weighted by Gasteiger charge is -2.13. The number of rotatable bonds is 7. The Labute approximate surface area is 159 Å². The van der Waals surface area contributed by atoms with Gasteiger partial charge in [0, 0.05) is 6.04 Å². The van der Waals surface area contributed by atoms with Crippen LogP contribution in [0, 0.1) is 6.92 Å². The molecule has 3 amide bonds. The lowest BCUT2D eigenvalue weighted by atomic mass is 10.0. The maximum absolute atomic E-state index is 11.8. The SMILES string of the molecule is Cc1ccc(C(C)C)cc1OCC(=O)OCC(=O)NC(=O)NC1CCCC1. The molecule has 1 fully saturated rings. The average Bonchev–Trinajstić information content (AvgIpc) is 3.11. The quantitative estimate of drug-likeness (QED) is 0.714. The molecule has 1 saturated carbocycles. The topological polar surface area (TPSA) is 93.7 Å². The zero-order valence-corrected chi connectivity index (χ0v) is 16.2. The van der Waals surface area contributed by atoms with Crippen molar-refractivity contribution in [1.29, 1.82) is 0 Å². The fraction of sp³-hybridized carbons (Fsp3) is 0.550. The Morgan fingerprint density at radius 2 is 1.85 bits per heavy atom. The number of hydrogen-bond donors (Lipinski definition) is 2. The summed E-state index contributed by atoms with van der Waals surface area (Å²) in [5.74, 6) is -0.384. The van der Waals surface area contributed by atoms with Crippen LogP contribution in [0.3, 0.4) is 0 Å². The maximum Gasteiger partial charge on any atom is 0.344 e. The highest BCUT2D eigenvalue weighted by atomic mass is 16.6. The monoisotopic (exact) mass is 376 g/mol. The third kappa shape index (κ3) is 6.92. The molecule has 1 aliphatic rings. The van der Waals surface area contributed by atoms with Crippen LogP contribution in [0.1, 0.15) is 56.6 Å². The molecule has 7 nitrogen and oxygen atoms in total. The molecular formula is C20H28N2O5. The van der Waals surface area contributed by atoms with E-state index in [1.165, 1.54) is 0 Å². The second-order valence-electron chi connectivity index (χ2n) is 7.13. The predicted octanol–water partition coefficient (Wildman–Crippen LogP) is 2.81. The van der Waals surface area contributed by atoms with E-state index in [4.69, 9.17) is 9.47 Å². The van der Waals surface area contributed by atoms with Crippen molar-refractivity contribution in [3.8, 4) is 5.75 Å². The summed E-state index contributed by atoms with van der Waals surface area (Å²) in [6.45, 7) is 5.21. The summed E-state index contributed by atoms with van der Waals surface area (Å²) < 4.78 is 10.4. The van der Waals surface area contributed by atoms with E-state index in [-0.39, 0.29) is 12.6 Å². The molecule has 148 valence electrons. The van der Waals surface area contributed by atoms with E-state index in [1.807, 2.05) is 25.1 Å². The highest BCUT2D eigenvalue weighted by molar-refractivity contribution is 5.95. The molecular weight excluding hydrogens is 348 g/mol. The Bertz CT molecular complexity index is 681. The molecule has 0 spiro atoms. The Balaban J connectivity index is 1.70. The van der Waals surface area contributed by atoms with Crippen molar-refractivity contribution >= 4 is 17.9 Å². The van der Waals surface area contributed by atoms with Crippen molar-refractivity contribution in [3.63, 3.8) is 0 Å². The third-order valence-corrected chi connectivity index (χ3v) is 4.53. The lowest BCUT2D eigenvalue weighted by molar-refractivity contribution is -0.150. The smallest absolute Gasteiger partial charge is 0.344 e. The van der Waals surface area contributed by atoms with E-state index in [1.54, 1.807) is 0 Å². The Hall–Kier alpha value is -2.57. The van der Waals surface area contributed by atoms with Gasteiger partial charge in [-0.1, -0.05) is 38.8 Å². The van der Waals surface area contributed by atoms with Crippen LogP contribution in [-0.2, 0) is 14.3 Å². The van der Waals surface area contributed by atoms with Crippen molar-refractivity contribution < 1.29 is 23.9 Å². The predicted molar refractivity (Wildman–Crippen MR) is 101 cm³/mol. The molecule has 0 heterocycles. The summed E-state index contributed by atoms with van der Waals surface area (Å²) in [4.78, 5) is 35.2. The second kappa shape index (κ2) is 9.94. The number of ether oxygens (including phenoxy) is 2. The van der Waals surface area contributed by atoms with Gasteiger partial charge in [-0.25, -0.2) is 9.59 Å². The molecule has 1 aromatic rings. The third-order valence-electron chi connectivity index (χ3n) is 4.53. The van der Waals surface area contributed by atoms with E-state index in [9.17, 15) is 14.4 Å². The first-order valence-electron chi connectivity index (χ1n) is 9.34. The molecule has 7 heteroatoms. The zero-order chi connectivity index (χ0) is 19.8. The molecule has 0 saturated heterocycles. The fourth-order valence-corrected chi connectivity index (χ4v) is 2.91. The van der Waals surface area contributed by atoms with Crippen LogP contribution in [-0.4, -0.2) is 37.2 Å². The summed E-state index contributed by atoms with van der Waals surface area (Å²) >= 11 is 0. The first kappa shape index (κ1) is 20.7. The number of urea groups is 1. The van der Waals surface area contributed by atoms with E-state index < -0.39 is 24.5 Å². The Morgan fingerprint density at radius 1 is 1.15 bits per heavy atom. The first-order valence-corrected chi connectivity index (χ1v) is 9.34. The van der Waals surface area contributed by atoms with Gasteiger partial charge in [-0.15, -0.1) is 0 Å². The number of amides is 3. The normalized spacial score (nSPS) is 14.1.